The Morgan fingerprint density at radius 2 is 1.73 bits per heavy atom. The average molecular weight is 560 g/mol. The Balaban J connectivity index is 1.45. The molecule has 0 aliphatic heterocycles. The third kappa shape index (κ3) is 7.45. The van der Waals surface area contributed by atoms with Crippen LogP contribution in [0.25, 0.3) is 21.3 Å². The number of nitrogens with zero attached hydrogens (tertiary/aromatic N) is 1. The Kier molecular flexibility index (Phi) is 10.2. The number of pyridine rings is 1. The van der Waals surface area contributed by atoms with Gasteiger partial charge in [0, 0.05) is 18.3 Å². The summed E-state index contributed by atoms with van der Waals surface area (Å²) in [6, 6.07) is 20.0. The molecule has 9 heteroatoms. The Bertz CT molecular complexity index is 1450. The number of hydrogen-bond donors (Lipinski definition) is 2. The molecule has 208 valence electrons. The molecule has 2 aromatic heterocycles. The fourth-order valence-corrected chi connectivity index (χ4v) is 5.21. The van der Waals surface area contributed by atoms with Crippen LogP contribution in [-0.2, 0) is 27.3 Å². The van der Waals surface area contributed by atoms with Crippen molar-refractivity contribution in [3.63, 3.8) is 0 Å². The number of aromatic nitrogens is 1. The summed E-state index contributed by atoms with van der Waals surface area (Å²) in [6.07, 6.45) is 3.40. The number of esters is 1. The van der Waals surface area contributed by atoms with Crippen molar-refractivity contribution in [1.29, 1.82) is 0 Å². The number of benzene rings is 2. The van der Waals surface area contributed by atoms with Gasteiger partial charge < -0.3 is 20.1 Å². The zero-order valence-electron chi connectivity index (χ0n) is 22.6. The summed E-state index contributed by atoms with van der Waals surface area (Å²) >= 11 is 1.34. The Hall–Kier alpha value is -4.24. The highest BCUT2D eigenvalue weighted by molar-refractivity contribution is 7.21. The van der Waals surface area contributed by atoms with Crippen molar-refractivity contribution >= 4 is 39.5 Å². The van der Waals surface area contributed by atoms with E-state index in [9.17, 15) is 14.4 Å². The molecule has 2 amide bonds. The largest absolute Gasteiger partial charge is 0.464 e. The van der Waals surface area contributed by atoms with E-state index in [4.69, 9.17) is 9.47 Å². The van der Waals surface area contributed by atoms with Crippen molar-refractivity contribution in [3.8, 4) is 11.1 Å². The molecule has 4 aromatic rings. The Morgan fingerprint density at radius 1 is 0.950 bits per heavy atom. The van der Waals surface area contributed by atoms with Gasteiger partial charge in [0.2, 0.25) is 0 Å². The van der Waals surface area contributed by atoms with Gasteiger partial charge in [-0.3, -0.25) is 9.78 Å². The van der Waals surface area contributed by atoms with E-state index in [-0.39, 0.29) is 25.7 Å². The van der Waals surface area contributed by atoms with Gasteiger partial charge in [0.25, 0.3) is 5.91 Å². The zero-order valence-corrected chi connectivity index (χ0v) is 23.5. The maximum absolute atomic E-state index is 13.1. The lowest BCUT2D eigenvalue weighted by Gasteiger charge is -2.18. The maximum atomic E-state index is 13.1. The van der Waals surface area contributed by atoms with Crippen molar-refractivity contribution in [1.82, 2.24) is 15.6 Å². The van der Waals surface area contributed by atoms with Crippen molar-refractivity contribution in [3.05, 3.63) is 88.9 Å². The SMILES string of the molecule is CCCCOC(=O)[C@@H](CNC(=O)c1cc2nccc(-c3ccccc3CC)c2s1)NC(=O)OCc1ccccc1. The van der Waals surface area contributed by atoms with Crippen molar-refractivity contribution < 1.29 is 23.9 Å². The summed E-state index contributed by atoms with van der Waals surface area (Å²) in [6.45, 7) is 4.22. The molecule has 2 heterocycles. The van der Waals surface area contributed by atoms with Crippen LogP contribution in [0.15, 0.2) is 72.9 Å². The molecule has 2 N–H and O–H groups in total. The lowest BCUT2D eigenvalue weighted by molar-refractivity contribution is -0.146. The van der Waals surface area contributed by atoms with Gasteiger partial charge in [0.05, 0.1) is 21.7 Å². The molecular formula is C31H33N3O5S. The fourth-order valence-electron chi connectivity index (χ4n) is 4.15. The first kappa shape index (κ1) is 28.8. The molecule has 0 radical (unpaired) electrons. The van der Waals surface area contributed by atoms with Crippen LogP contribution in [0.1, 0.15) is 47.5 Å². The molecule has 4 rings (SSSR count). The second-order valence-corrected chi connectivity index (χ2v) is 10.2. The quantitative estimate of drug-likeness (QED) is 0.166. The number of nitrogens with one attached hydrogen (secondary N) is 2. The van der Waals surface area contributed by atoms with E-state index in [2.05, 4.69) is 34.7 Å². The van der Waals surface area contributed by atoms with E-state index >= 15 is 0 Å². The zero-order chi connectivity index (χ0) is 28.3. The summed E-state index contributed by atoms with van der Waals surface area (Å²) in [4.78, 5) is 43.2. The average Bonchev–Trinajstić information content (AvgIpc) is 3.43. The highest BCUT2D eigenvalue weighted by Gasteiger charge is 2.25. The molecule has 1 atom stereocenters. The lowest BCUT2D eigenvalue weighted by Crippen LogP contribution is -2.49. The molecule has 0 unspecified atom stereocenters. The molecule has 0 bridgehead atoms. The monoisotopic (exact) mass is 559 g/mol. The number of carbonyl (C=O) groups is 3. The van der Waals surface area contributed by atoms with E-state index in [0.717, 1.165) is 39.7 Å². The van der Waals surface area contributed by atoms with Gasteiger partial charge in [-0.05, 0) is 41.7 Å². The minimum Gasteiger partial charge on any atom is -0.464 e. The van der Waals surface area contributed by atoms with Crippen LogP contribution in [0.4, 0.5) is 4.79 Å². The normalized spacial score (nSPS) is 11.6. The Labute approximate surface area is 237 Å². The van der Waals surface area contributed by atoms with Gasteiger partial charge in [0.15, 0.2) is 0 Å². The fraction of sp³-hybridized carbons (Fsp3) is 0.290. The second-order valence-electron chi connectivity index (χ2n) is 9.18. The summed E-state index contributed by atoms with van der Waals surface area (Å²) in [5.74, 6) is -1.01. The minimum atomic E-state index is -1.11. The molecule has 0 spiro atoms. The Morgan fingerprint density at radius 3 is 2.50 bits per heavy atom. The molecule has 0 aliphatic carbocycles. The van der Waals surface area contributed by atoms with E-state index in [1.165, 1.54) is 16.9 Å². The molecule has 0 saturated carbocycles. The molecular weight excluding hydrogens is 526 g/mol. The molecule has 0 aliphatic rings. The van der Waals surface area contributed by atoms with E-state index in [1.807, 2.05) is 55.5 Å². The van der Waals surface area contributed by atoms with Crippen molar-refractivity contribution in [2.75, 3.05) is 13.2 Å². The van der Waals surface area contributed by atoms with Gasteiger partial charge in [0.1, 0.15) is 12.6 Å². The maximum Gasteiger partial charge on any atom is 0.408 e. The summed E-state index contributed by atoms with van der Waals surface area (Å²) < 4.78 is 11.5. The highest BCUT2D eigenvalue weighted by atomic mass is 32.1. The van der Waals surface area contributed by atoms with Crippen LogP contribution < -0.4 is 10.6 Å². The number of carbonyl (C=O) groups excluding carboxylic acids is 3. The van der Waals surface area contributed by atoms with Crippen molar-refractivity contribution in [2.45, 2.75) is 45.8 Å². The van der Waals surface area contributed by atoms with Gasteiger partial charge in [-0.25, -0.2) is 9.59 Å². The van der Waals surface area contributed by atoms with Crippen molar-refractivity contribution in [2.24, 2.45) is 0 Å². The predicted octanol–water partition coefficient (Wildman–Crippen LogP) is 5.89. The van der Waals surface area contributed by atoms with Crippen LogP contribution in [0.2, 0.25) is 0 Å². The third-order valence-electron chi connectivity index (χ3n) is 6.32. The summed E-state index contributed by atoms with van der Waals surface area (Å²) in [7, 11) is 0. The predicted molar refractivity (Wildman–Crippen MR) is 156 cm³/mol. The van der Waals surface area contributed by atoms with Crippen LogP contribution >= 0.6 is 11.3 Å². The molecule has 2 aromatic carbocycles. The first-order chi connectivity index (χ1) is 19.5. The molecule has 0 saturated heterocycles. The number of ether oxygens (including phenoxy) is 2. The smallest absolute Gasteiger partial charge is 0.408 e. The number of alkyl carbamates (subject to hydrolysis) is 1. The van der Waals surface area contributed by atoms with Crippen LogP contribution in [0, 0.1) is 0 Å². The molecule has 40 heavy (non-hydrogen) atoms. The topological polar surface area (TPSA) is 107 Å². The van der Waals surface area contributed by atoms with Gasteiger partial charge in [-0.2, -0.15) is 0 Å². The summed E-state index contributed by atoms with van der Waals surface area (Å²) in [5, 5.41) is 5.30. The third-order valence-corrected chi connectivity index (χ3v) is 7.48. The number of aryl methyl sites for hydroxylation is 1. The summed E-state index contributed by atoms with van der Waals surface area (Å²) in [5.41, 5.74) is 4.87. The second kappa shape index (κ2) is 14.2. The number of amides is 2. The number of unbranched alkanes of at least 4 members (excludes halogenated alkanes) is 1. The standard InChI is InChI=1S/C31H33N3O5S/c1-3-5-17-38-30(36)26(34-31(37)39-20-21-11-7-6-8-12-21)19-33-29(35)27-18-25-28(40-27)24(15-16-32-25)23-14-10-9-13-22(23)4-2/h6-16,18,26H,3-5,17,19-20H2,1-2H3,(H,33,35)(H,34,37)/t26-/m1/s1. The highest BCUT2D eigenvalue weighted by Crippen LogP contribution is 2.35. The number of rotatable bonds is 12. The number of fused-ring (bicyclic) bond motifs is 1. The van der Waals surface area contributed by atoms with E-state index < -0.39 is 18.1 Å². The van der Waals surface area contributed by atoms with E-state index in [1.54, 1.807) is 12.3 Å². The first-order valence-electron chi connectivity index (χ1n) is 13.4. The van der Waals surface area contributed by atoms with E-state index in [0.29, 0.717) is 11.3 Å². The number of hydrogen-bond acceptors (Lipinski definition) is 7. The number of thiophene rings is 1. The lowest BCUT2D eigenvalue weighted by atomic mass is 9.99. The van der Waals surface area contributed by atoms with Crippen LogP contribution in [-0.4, -0.2) is 42.1 Å². The minimum absolute atomic E-state index is 0.0505. The van der Waals surface area contributed by atoms with Gasteiger partial charge in [-0.1, -0.05) is 74.9 Å². The van der Waals surface area contributed by atoms with Crippen LogP contribution in [0.3, 0.4) is 0 Å². The van der Waals surface area contributed by atoms with Gasteiger partial charge in [-0.15, -0.1) is 11.3 Å². The molecule has 0 fully saturated rings. The molecule has 8 nitrogen and oxygen atoms in total. The van der Waals surface area contributed by atoms with Crippen LogP contribution in [0.5, 0.6) is 0 Å². The van der Waals surface area contributed by atoms with Gasteiger partial charge >= 0.3 is 12.1 Å². The first-order valence-corrected chi connectivity index (χ1v) is 14.2.